The molecular weight excluding hydrogens is 404 g/mol. The quantitative estimate of drug-likeness (QED) is 0.569. The number of methoxy groups -OCH3 is 1. The first-order chi connectivity index (χ1) is 15.5. The molecule has 0 fully saturated rings. The molecule has 32 heavy (non-hydrogen) atoms. The Morgan fingerprint density at radius 2 is 1.88 bits per heavy atom. The number of hydrogen-bond donors (Lipinski definition) is 0. The SMILES string of the molecule is COCc1c(C(=O)N(C)CCN(C)C)cnn1-c1ncc2c(n1)-c1ccccc1CCC2. The highest BCUT2D eigenvalue weighted by molar-refractivity contribution is 5.95. The molecule has 8 nitrogen and oxygen atoms in total. The zero-order valence-electron chi connectivity index (χ0n) is 19.2. The number of ether oxygens (including phenoxy) is 1. The molecule has 0 atom stereocenters. The van der Waals surface area contributed by atoms with E-state index in [1.165, 1.54) is 5.56 Å². The van der Waals surface area contributed by atoms with Crippen molar-refractivity contribution in [3.05, 3.63) is 59.0 Å². The lowest BCUT2D eigenvalue weighted by Gasteiger charge is -2.19. The number of hydrogen-bond acceptors (Lipinski definition) is 6. The van der Waals surface area contributed by atoms with Crippen LogP contribution >= 0.6 is 0 Å². The standard InChI is InChI=1S/C24H30N6O2/c1-28(2)12-13-29(3)23(31)20-15-26-30(21(20)16-32-4)24-25-14-18-10-7-9-17-8-5-6-11-19(17)22(18)27-24/h5-6,8,11,14-15H,7,9-10,12-13,16H2,1-4H3. The van der Waals surface area contributed by atoms with E-state index in [1.54, 1.807) is 29.9 Å². The number of benzene rings is 1. The lowest BCUT2D eigenvalue weighted by molar-refractivity contribution is 0.0781. The Morgan fingerprint density at radius 3 is 2.66 bits per heavy atom. The second-order valence-corrected chi connectivity index (χ2v) is 8.43. The van der Waals surface area contributed by atoms with E-state index in [0.717, 1.165) is 42.6 Å². The number of rotatable bonds is 7. The summed E-state index contributed by atoms with van der Waals surface area (Å²) in [5, 5.41) is 4.49. The monoisotopic (exact) mass is 434 g/mol. The van der Waals surface area contributed by atoms with Crippen molar-refractivity contribution in [2.45, 2.75) is 25.9 Å². The van der Waals surface area contributed by atoms with Gasteiger partial charge in [0, 0.05) is 39.0 Å². The van der Waals surface area contributed by atoms with Crippen LogP contribution in [0.15, 0.2) is 36.7 Å². The molecule has 0 aliphatic heterocycles. The van der Waals surface area contributed by atoms with Crippen molar-refractivity contribution in [3.8, 4) is 17.2 Å². The van der Waals surface area contributed by atoms with Gasteiger partial charge in [0.25, 0.3) is 11.9 Å². The van der Waals surface area contributed by atoms with Crippen LogP contribution in [-0.4, -0.2) is 76.8 Å². The molecule has 0 unspecified atom stereocenters. The maximum atomic E-state index is 13.1. The highest BCUT2D eigenvalue weighted by Crippen LogP contribution is 2.31. The first kappa shape index (κ1) is 22.1. The van der Waals surface area contributed by atoms with E-state index in [2.05, 4.69) is 28.3 Å². The summed E-state index contributed by atoms with van der Waals surface area (Å²) in [6.07, 6.45) is 6.52. The Labute approximate surface area is 188 Å². The van der Waals surface area contributed by atoms with Gasteiger partial charge in [-0.25, -0.2) is 9.97 Å². The van der Waals surface area contributed by atoms with Crippen molar-refractivity contribution in [2.24, 2.45) is 0 Å². The van der Waals surface area contributed by atoms with Gasteiger partial charge in [0.2, 0.25) is 0 Å². The number of nitrogens with zero attached hydrogens (tertiary/aromatic N) is 6. The van der Waals surface area contributed by atoms with Gasteiger partial charge in [-0.3, -0.25) is 4.79 Å². The van der Waals surface area contributed by atoms with Crippen LogP contribution in [0.2, 0.25) is 0 Å². The molecule has 1 aliphatic carbocycles. The van der Waals surface area contributed by atoms with Gasteiger partial charge in [0.05, 0.1) is 29.8 Å². The van der Waals surface area contributed by atoms with Crippen molar-refractivity contribution < 1.29 is 9.53 Å². The summed E-state index contributed by atoms with van der Waals surface area (Å²) < 4.78 is 7.04. The normalized spacial score (nSPS) is 12.9. The Balaban J connectivity index is 1.73. The second kappa shape index (κ2) is 9.58. The molecule has 0 radical (unpaired) electrons. The van der Waals surface area contributed by atoms with Crippen LogP contribution in [0.1, 0.15) is 33.6 Å². The maximum absolute atomic E-state index is 13.1. The highest BCUT2D eigenvalue weighted by atomic mass is 16.5. The largest absolute Gasteiger partial charge is 0.378 e. The zero-order chi connectivity index (χ0) is 22.7. The summed E-state index contributed by atoms with van der Waals surface area (Å²) in [7, 11) is 7.38. The molecule has 168 valence electrons. The van der Waals surface area contributed by atoms with Crippen LogP contribution in [0.4, 0.5) is 0 Å². The number of likely N-dealkylation sites (N-methyl/N-ethyl adjacent to an activating group) is 2. The van der Waals surface area contributed by atoms with Gasteiger partial charge in [0.15, 0.2) is 0 Å². The first-order valence-corrected chi connectivity index (χ1v) is 10.9. The fourth-order valence-corrected chi connectivity index (χ4v) is 4.01. The lowest BCUT2D eigenvalue weighted by atomic mass is 10.0. The van der Waals surface area contributed by atoms with E-state index in [1.807, 2.05) is 31.3 Å². The number of amides is 1. The molecule has 8 heteroatoms. The summed E-state index contributed by atoms with van der Waals surface area (Å²) in [6, 6.07) is 8.39. The molecule has 4 rings (SSSR count). The summed E-state index contributed by atoms with van der Waals surface area (Å²) in [5.41, 5.74) is 5.68. The summed E-state index contributed by atoms with van der Waals surface area (Å²) >= 11 is 0. The lowest BCUT2D eigenvalue weighted by Crippen LogP contribution is -2.34. The van der Waals surface area contributed by atoms with Crippen LogP contribution < -0.4 is 0 Å². The maximum Gasteiger partial charge on any atom is 0.257 e. The van der Waals surface area contributed by atoms with Crippen molar-refractivity contribution >= 4 is 5.91 Å². The molecule has 2 aromatic heterocycles. The van der Waals surface area contributed by atoms with Gasteiger partial charge in [-0.05, 0) is 44.5 Å². The van der Waals surface area contributed by atoms with Gasteiger partial charge in [-0.1, -0.05) is 24.3 Å². The number of fused-ring (bicyclic) bond motifs is 3. The summed E-state index contributed by atoms with van der Waals surface area (Å²) in [6.45, 7) is 1.64. The molecule has 1 aromatic carbocycles. The van der Waals surface area contributed by atoms with E-state index in [0.29, 0.717) is 23.8 Å². The molecule has 1 aliphatic rings. The predicted octanol–water partition coefficient (Wildman–Crippen LogP) is 2.60. The van der Waals surface area contributed by atoms with Gasteiger partial charge in [-0.15, -0.1) is 0 Å². The van der Waals surface area contributed by atoms with Crippen molar-refractivity contribution in [1.29, 1.82) is 0 Å². The number of carbonyl (C=O) groups excluding carboxylic acids is 1. The predicted molar refractivity (Wildman–Crippen MR) is 123 cm³/mol. The van der Waals surface area contributed by atoms with Crippen LogP contribution in [0, 0.1) is 0 Å². The number of aromatic nitrogens is 4. The van der Waals surface area contributed by atoms with Crippen molar-refractivity contribution in [3.63, 3.8) is 0 Å². The molecule has 0 saturated heterocycles. The average Bonchev–Trinajstić information content (AvgIpc) is 3.11. The smallest absolute Gasteiger partial charge is 0.257 e. The van der Waals surface area contributed by atoms with Crippen LogP contribution in [0.3, 0.4) is 0 Å². The minimum atomic E-state index is -0.0924. The Kier molecular flexibility index (Phi) is 6.62. The molecule has 0 bridgehead atoms. The van der Waals surface area contributed by atoms with Crippen LogP contribution in [-0.2, 0) is 24.2 Å². The van der Waals surface area contributed by atoms with Crippen molar-refractivity contribution in [2.75, 3.05) is 41.3 Å². The fraction of sp³-hybridized carbons (Fsp3) is 0.417. The van der Waals surface area contributed by atoms with E-state index in [-0.39, 0.29) is 12.5 Å². The van der Waals surface area contributed by atoms with Crippen LogP contribution in [0.5, 0.6) is 0 Å². The fourth-order valence-electron chi connectivity index (χ4n) is 4.01. The Hall–Kier alpha value is -3.10. The van der Waals surface area contributed by atoms with Gasteiger partial charge in [0.1, 0.15) is 0 Å². The molecule has 1 amide bonds. The molecular formula is C24H30N6O2. The minimum absolute atomic E-state index is 0.0924. The number of aryl methyl sites for hydroxylation is 2. The van der Waals surface area contributed by atoms with E-state index in [9.17, 15) is 4.79 Å². The number of carbonyl (C=O) groups is 1. The molecule has 0 N–H and O–H groups in total. The first-order valence-electron chi connectivity index (χ1n) is 10.9. The second-order valence-electron chi connectivity index (χ2n) is 8.43. The average molecular weight is 435 g/mol. The molecule has 0 spiro atoms. The topological polar surface area (TPSA) is 76.4 Å². The molecule has 3 aromatic rings. The third-order valence-corrected chi connectivity index (χ3v) is 5.82. The van der Waals surface area contributed by atoms with Gasteiger partial charge < -0.3 is 14.5 Å². The van der Waals surface area contributed by atoms with Gasteiger partial charge in [-0.2, -0.15) is 9.78 Å². The summed E-state index contributed by atoms with van der Waals surface area (Å²) in [4.78, 5) is 26.4. The van der Waals surface area contributed by atoms with Crippen LogP contribution in [0.25, 0.3) is 17.2 Å². The minimum Gasteiger partial charge on any atom is -0.378 e. The molecule has 0 saturated carbocycles. The molecule has 2 heterocycles. The van der Waals surface area contributed by atoms with Gasteiger partial charge >= 0.3 is 0 Å². The summed E-state index contributed by atoms with van der Waals surface area (Å²) in [5.74, 6) is 0.354. The van der Waals surface area contributed by atoms with E-state index in [4.69, 9.17) is 9.72 Å². The third-order valence-electron chi connectivity index (χ3n) is 5.82. The van der Waals surface area contributed by atoms with E-state index < -0.39 is 0 Å². The third kappa shape index (κ3) is 4.42. The van der Waals surface area contributed by atoms with Crippen molar-refractivity contribution in [1.82, 2.24) is 29.5 Å². The Bertz CT molecular complexity index is 1110. The highest BCUT2D eigenvalue weighted by Gasteiger charge is 2.24. The zero-order valence-corrected chi connectivity index (χ0v) is 19.2. The Morgan fingerprint density at radius 1 is 1.09 bits per heavy atom. The van der Waals surface area contributed by atoms with E-state index >= 15 is 0 Å².